The average molecular weight is 329 g/mol. The van der Waals surface area contributed by atoms with Crippen LogP contribution in [0.4, 0.5) is 0 Å². The lowest BCUT2D eigenvalue weighted by atomic mass is 10.0. The SMILES string of the molecule is O=C(NC1CCN(C2CC2)CC1)c1csc(Br)c1. The summed E-state index contributed by atoms with van der Waals surface area (Å²) in [6.07, 6.45) is 4.93. The van der Waals surface area contributed by atoms with Crippen LogP contribution >= 0.6 is 27.3 Å². The van der Waals surface area contributed by atoms with Crippen LogP contribution in [0.3, 0.4) is 0 Å². The highest BCUT2D eigenvalue weighted by Crippen LogP contribution is 2.29. The Hall–Kier alpha value is -0.390. The highest BCUT2D eigenvalue weighted by atomic mass is 79.9. The van der Waals surface area contributed by atoms with Gasteiger partial charge in [0.05, 0.1) is 9.35 Å². The zero-order valence-corrected chi connectivity index (χ0v) is 12.6. The van der Waals surface area contributed by atoms with Crippen molar-refractivity contribution in [2.45, 2.75) is 37.8 Å². The standard InChI is InChI=1S/C13H17BrN2OS/c14-12-7-9(8-18-12)13(17)15-10-3-5-16(6-4-10)11-1-2-11/h7-8,10-11H,1-6H2,(H,15,17). The molecule has 1 N–H and O–H groups in total. The van der Waals surface area contributed by atoms with E-state index in [0.29, 0.717) is 6.04 Å². The Bertz CT molecular complexity index is 436. The number of rotatable bonds is 3. The summed E-state index contributed by atoms with van der Waals surface area (Å²) >= 11 is 4.94. The number of carbonyl (C=O) groups excluding carboxylic acids is 1. The molecule has 3 rings (SSSR count). The summed E-state index contributed by atoms with van der Waals surface area (Å²) in [5.74, 6) is 0.0711. The summed E-state index contributed by atoms with van der Waals surface area (Å²) in [6.45, 7) is 2.28. The summed E-state index contributed by atoms with van der Waals surface area (Å²) in [4.78, 5) is 14.6. The van der Waals surface area contributed by atoms with Crippen LogP contribution in [0.5, 0.6) is 0 Å². The number of amides is 1. The Morgan fingerprint density at radius 3 is 2.61 bits per heavy atom. The van der Waals surface area contributed by atoms with Gasteiger partial charge in [-0.05, 0) is 47.7 Å². The van der Waals surface area contributed by atoms with Gasteiger partial charge in [0, 0.05) is 30.6 Å². The Balaban J connectivity index is 1.50. The summed E-state index contributed by atoms with van der Waals surface area (Å²) < 4.78 is 1.01. The van der Waals surface area contributed by atoms with Crippen molar-refractivity contribution in [3.8, 4) is 0 Å². The number of nitrogens with one attached hydrogen (secondary N) is 1. The minimum absolute atomic E-state index is 0.0711. The van der Waals surface area contributed by atoms with Crippen LogP contribution in [0.25, 0.3) is 0 Å². The van der Waals surface area contributed by atoms with E-state index in [4.69, 9.17) is 0 Å². The largest absolute Gasteiger partial charge is 0.349 e. The van der Waals surface area contributed by atoms with Gasteiger partial charge in [-0.15, -0.1) is 11.3 Å². The molecule has 1 aliphatic carbocycles. The minimum atomic E-state index is 0.0711. The summed E-state index contributed by atoms with van der Waals surface area (Å²) in [7, 11) is 0. The molecule has 3 nitrogen and oxygen atoms in total. The van der Waals surface area contributed by atoms with Crippen LogP contribution < -0.4 is 5.32 Å². The van der Waals surface area contributed by atoms with Gasteiger partial charge >= 0.3 is 0 Å². The first kappa shape index (κ1) is 12.6. The fourth-order valence-corrected chi connectivity index (χ4v) is 3.68. The van der Waals surface area contributed by atoms with Crippen LogP contribution in [0.2, 0.25) is 0 Å². The fraction of sp³-hybridized carbons (Fsp3) is 0.615. The zero-order valence-electron chi connectivity index (χ0n) is 10.2. The zero-order chi connectivity index (χ0) is 12.5. The molecule has 1 aromatic rings. The van der Waals surface area contributed by atoms with E-state index < -0.39 is 0 Å². The van der Waals surface area contributed by atoms with Gasteiger partial charge in [-0.3, -0.25) is 4.79 Å². The lowest BCUT2D eigenvalue weighted by Crippen LogP contribution is -2.45. The van der Waals surface area contributed by atoms with Crippen molar-refractivity contribution in [3.05, 3.63) is 20.8 Å². The lowest BCUT2D eigenvalue weighted by molar-refractivity contribution is 0.0909. The number of piperidine rings is 1. The third-order valence-corrected chi connectivity index (χ3v) is 5.26. The quantitative estimate of drug-likeness (QED) is 0.925. The molecule has 5 heteroatoms. The number of carbonyl (C=O) groups is 1. The van der Waals surface area contributed by atoms with Crippen LogP contribution in [0, 0.1) is 0 Å². The van der Waals surface area contributed by atoms with Crippen LogP contribution in [0.1, 0.15) is 36.0 Å². The molecule has 18 heavy (non-hydrogen) atoms. The maximum absolute atomic E-state index is 12.0. The number of nitrogens with zero attached hydrogens (tertiary/aromatic N) is 1. The molecule has 0 radical (unpaired) electrons. The number of likely N-dealkylation sites (tertiary alicyclic amines) is 1. The second kappa shape index (κ2) is 5.31. The van der Waals surface area contributed by atoms with E-state index in [1.54, 1.807) is 11.3 Å². The molecule has 1 saturated heterocycles. The second-order valence-corrected chi connectivity index (χ2v) is 7.44. The number of hydrogen-bond donors (Lipinski definition) is 1. The van der Waals surface area contributed by atoms with Gasteiger partial charge in [0.2, 0.25) is 0 Å². The topological polar surface area (TPSA) is 32.3 Å². The molecule has 0 atom stereocenters. The Morgan fingerprint density at radius 2 is 2.06 bits per heavy atom. The van der Waals surface area contributed by atoms with Crippen molar-refractivity contribution in [2.24, 2.45) is 0 Å². The first-order valence-electron chi connectivity index (χ1n) is 6.51. The van der Waals surface area contributed by atoms with Gasteiger partial charge < -0.3 is 10.2 Å². The molecule has 98 valence electrons. The van der Waals surface area contributed by atoms with E-state index in [-0.39, 0.29) is 5.91 Å². The van der Waals surface area contributed by atoms with Crippen LogP contribution in [0.15, 0.2) is 15.2 Å². The van der Waals surface area contributed by atoms with Crippen molar-refractivity contribution in [2.75, 3.05) is 13.1 Å². The minimum Gasteiger partial charge on any atom is -0.349 e. The summed E-state index contributed by atoms with van der Waals surface area (Å²) in [5.41, 5.74) is 0.775. The van der Waals surface area contributed by atoms with Gasteiger partial charge in [-0.1, -0.05) is 0 Å². The predicted molar refractivity (Wildman–Crippen MR) is 77.1 cm³/mol. The van der Waals surface area contributed by atoms with Crippen molar-refractivity contribution in [1.82, 2.24) is 10.2 Å². The van der Waals surface area contributed by atoms with Gasteiger partial charge in [0.1, 0.15) is 0 Å². The number of halogens is 1. The van der Waals surface area contributed by atoms with Crippen molar-refractivity contribution < 1.29 is 4.79 Å². The Kier molecular flexibility index (Phi) is 3.73. The predicted octanol–water partition coefficient (Wildman–Crippen LogP) is 2.87. The smallest absolute Gasteiger partial charge is 0.252 e. The number of thiophene rings is 1. The molecular formula is C13H17BrN2OS. The van der Waals surface area contributed by atoms with E-state index >= 15 is 0 Å². The van der Waals surface area contributed by atoms with Gasteiger partial charge in [-0.2, -0.15) is 0 Å². The molecule has 0 spiro atoms. The van der Waals surface area contributed by atoms with Crippen LogP contribution in [-0.4, -0.2) is 36.0 Å². The Labute approximate surface area is 120 Å². The second-order valence-electron chi connectivity index (χ2n) is 5.15. The third kappa shape index (κ3) is 2.95. The van der Waals surface area contributed by atoms with Gasteiger partial charge in [0.25, 0.3) is 5.91 Å². The van der Waals surface area contributed by atoms with E-state index in [2.05, 4.69) is 26.1 Å². The fourth-order valence-electron chi connectivity index (χ4n) is 2.55. The Morgan fingerprint density at radius 1 is 1.33 bits per heavy atom. The molecule has 2 fully saturated rings. The lowest BCUT2D eigenvalue weighted by Gasteiger charge is -2.32. The van der Waals surface area contributed by atoms with Gasteiger partial charge in [-0.25, -0.2) is 0 Å². The van der Waals surface area contributed by atoms with E-state index in [1.807, 2.05) is 11.4 Å². The maximum Gasteiger partial charge on any atom is 0.252 e. The van der Waals surface area contributed by atoms with Crippen molar-refractivity contribution >= 4 is 33.2 Å². The van der Waals surface area contributed by atoms with E-state index in [1.165, 1.54) is 12.8 Å². The normalized spacial score (nSPS) is 22.1. The summed E-state index contributed by atoms with van der Waals surface area (Å²) in [5, 5.41) is 5.05. The van der Waals surface area contributed by atoms with Crippen molar-refractivity contribution in [3.63, 3.8) is 0 Å². The monoisotopic (exact) mass is 328 g/mol. The molecule has 1 saturated carbocycles. The molecular weight excluding hydrogens is 312 g/mol. The van der Waals surface area contributed by atoms with E-state index in [9.17, 15) is 4.79 Å². The highest BCUT2D eigenvalue weighted by molar-refractivity contribution is 9.11. The molecule has 0 aromatic carbocycles. The summed E-state index contributed by atoms with van der Waals surface area (Å²) in [6, 6.07) is 3.10. The van der Waals surface area contributed by atoms with Crippen molar-refractivity contribution in [1.29, 1.82) is 0 Å². The first-order valence-corrected chi connectivity index (χ1v) is 8.18. The third-order valence-electron chi connectivity index (χ3n) is 3.76. The molecule has 0 unspecified atom stereocenters. The molecule has 2 heterocycles. The first-order chi connectivity index (χ1) is 8.72. The van der Waals surface area contributed by atoms with Crippen LogP contribution in [-0.2, 0) is 0 Å². The molecule has 2 aliphatic rings. The molecule has 1 aromatic heterocycles. The molecule has 1 aliphatic heterocycles. The van der Waals surface area contributed by atoms with Gasteiger partial charge in [0.15, 0.2) is 0 Å². The number of hydrogen-bond acceptors (Lipinski definition) is 3. The van der Waals surface area contributed by atoms with E-state index in [0.717, 1.165) is 41.3 Å². The maximum atomic E-state index is 12.0. The highest BCUT2D eigenvalue weighted by Gasteiger charge is 2.32. The molecule has 1 amide bonds. The average Bonchev–Trinajstić information content (AvgIpc) is 3.12. The molecule has 0 bridgehead atoms.